The van der Waals surface area contributed by atoms with Gasteiger partial charge in [-0.1, -0.05) is 36.4 Å². The Hall–Kier alpha value is -2.66. The van der Waals surface area contributed by atoms with Crippen molar-refractivity contribution >= 4 is 23.2 Å². The van der Waals surface area contributed by atoms with Crippen LogP contribution in [0.2, 0.25) is 0 Å². The van der Waals surface area contributed by atoms with Gasteiger partial charge in [-0.2, -0.15) is 0 Å². The molecule has 0 saturated carbocycles. The molecular weight excluding hydrogens is 326 g/mol. The van der Waals surface area contributed by atoms with E-state index in [1.54, 1.807) is 4.90 Å². The van der Waals surface area contributed by atoms with Crippen LogP contribution in [0, 0.1) is 11.8 Å². The Labute approximate surface area is 152 Å². The van der Waals surface area contributed by atoms with Crippen LogP contribution in [-0.4, -0.2) is 36.3 Å². The number of primary amides is 1. The summed E-state index contributed by atoms with van der Waals surface area (Å²) in [6, 6.07) is 13.7. The first-order chi connectivity index (χ1) is 12.6. The number of benzene rings is 2. The first kappa shape index (κ1) is 15.6. The molecule has 4 aliphatic rings. The van der Waals surface area contributed by atoms with Crippen LogP contribution >= 0.6 is 0 Å². The fourth-order valence-corrected chi connectivity index (χ4v) is 4.80. The Kier molecular flexibility index (Phi) is 3.40. The molecule has 5 heteroatoms. The molecule has 3 fully saturated rings. The van der Waals surface area contributed by atoms with Crippen molar-refractivity contribution in [1.82, 2.24) is 4.90 Å². The molecule has 1 atom stereocenters. The highest BCUT2D eigenvalue weighted by atomic mass is 16.2. The van der Waals surface area contributed by atoms with E-state index < -0.39 is 5.91 Å². The third-order valence-electron chi connectivity index (χ3n) is 6.15. The summed E-state index contributed by atoms with van der Waals surface area (Å²) < 4.78 is 0. The summed E-state index contributed by atoms with van der Waals surface area (Å²) in [6.07, 6.45) is 2.18. The highest BCUT2D eigenvalue weighted by Gasteiger charge is 2.46. The van der Waals surface area contributed by atoms with Crippen molar-refractivity contribution in [1.29, 1.82) is 0 Å². The quantitative estimate of drug-likeness (QED) is 0.928. The van der Waals surface area contributed by atoms with Crippen LogP contribution in [0.5, 0.6) is 0 Å². The molecule has 26 heavy (non-hydrogen) atoms. The molecule has 3 saturated heterocycles. The summed E-state index contributed by atoms with van der Waals surface area (Å²) >= 11 is 0. The number of fused-ring (bicyclic) bond motifs is 5. The Morgan fingerprint density at radius 2 is 1.73 bits per heavy atom. The van der Waals surface area contributed by atoms with Gasteiger partial charge < -0.3 is 10.6 Å². The van der Waals surface area contributed by atoms with Crippen LogP contribution in [-0.2, 0) is 4.79 Å². The summed E-state index contributed by atoms with van der Waals surface area (Å²) in [4.78, 5) is 29.5. The number of rotatable bonds is 3. The van der Waals surface area contributed by atoms with E-state index in [4.69, 9.17) is 5.73 Å². The van der Waals surface area contributed by atoms with Gasteiger partial charge in [-0.25, -0.2) is 0 Å². The maximum atomic E-state index is 13.4. The zero-order valence-corrected chi connectivity index (χ0v) is 14.5. The zero-order chi connectivity index (χ0) is 17.8. The first-order valence-electron chi connectivity index (χ1n) is 9.23. The van der Waals surface area contributed by atoms with Crippen molar-refractivity contribution in [3.63, 3.8) is 0 Å². The van der Waals surface area contributed by atoms with Crippen LogP contribution in [0.3, 0.4) is 0 Å². The second-order valence-corrected chi connectivity index (χ2v) is 7.50. The Balaban J connectivity index is 1.55. The Morgan fingerprint density at radius 3 is 2.35 bits per heavy atom. The van der Waals surface area contributed by atoms with Crippen molar-refractivity contribution in [2.75, 3.05) is 24.5 Å². The van der Waals surface area contributed by atoms with Gasteiger partial charge >= 0.3 is 0 Å². The molecule has 0 unspecified atom stereocenters. The zero-order valence-electron chi connectivity index (χ0n) is 14.5. The van der Waals surface area contributed by atoms with Gasteiger partial charge in [0.05, 0.1) is 22.9 Å². The lowest BCUT2D eigenvalue weighted by Crippen LogP contribution is -2.54. The van der Waals surface area contributed by atoms with Crippen molar-refractivity contribution < 1.29 is 9.59 Å². The molecular formula is C21H21N3O2. The number of carbonyl (C=O) groups excluding carboxylic acids is 2. The molecule has 2 aromatic rings. The molecule has 2 amide bonds. The lowest BCUT2D eigenvalue weighted by molar-refractivity contribution is -0.127. The van der Waals surface area contributed by atoms with E-state index in [9.17, 15) is 9.59 Å². The van der Waals surface area contributed by atoms with E-state index in [-0.39, 0.29) is 11.8 Å². The molecule has 0 aromatic heterocycles. The van der Waals surface area contributed by atoms with Crippen LogP contribution < -0.4 is 10.6 Å². The number of carbonyl (C=O) groups is 2. The molecule has 6 rings (SSSR count). The van der Waals surface area contributed by atoms with E-state index in [0.29, 0.717) is 22.9 Å². The maximum absolute atomic E-state index is 13.4. The standard InChI is InChI=1S/C21H21N3O2/c22-20(25)18-17-7-6-15(13-4-2-1-3-5-13)19(18)24(17)21(26)16-12-23-10-8-14(16)9-11-23/h1-7,14,16H,8-12H2,(H2,22,25)/t16-/m0/s1. The number of nitrogens with two attached hydrogens (primary N) is 1. The van der Waals surface area contributed by atoms with E-state index >= 15 is 0 Å². The van der Waals surface area contributed by atoms with Gasteiger partial charge in [0, 0.05) is 12.1 Å². The van der Waals surface area contributed by atoms with Gasteiger partial charge in [0.15, 0.2) is 0 Å². The van der Waals surface area contributed by atoms with Crippen LogP contribution in [0.1, 0.15) is 23.2 Å². The molecule has 4 heterocycles. The minimum absolute atomic E-state index is 0.0143. The number of piperidine rings is 3. The number of anilines is 2. The van der Waals surface area contributed by atoms with Gasteiger partial charge in [0.2, 0.25) is 5.91 Å². The Bertz CT molecular complexity index is 901. The molecule has 0 radical (unpaired) electrons. The molecule has 4 bridgehead atoms. The van der Waals surface area contributed by atoms with Gasteiger partial charge in [-0.05, 0) is 43.5 Å². The van der Waals surface area contributed by atoms with E-state index in [1.165, 1.54) is 0 Å². The van der Waals surface area contributed by atoms with E-state index in [1.807, 2.05) is 42.5 Å². The van der Waals surface area contributed by atoms with Crippen molar-refractivity contribution in [3.05, 3.63) is 48.0 Å². The average Bonchev–Trinajstić information content (AvgIpc) is 2.69. The van der Waals surface area contributed by atoms with Crippen molar-refractivity contribution in [2.24, 2.45) is 17.6 Å². The van der Waals surface area contributed by atoms with Crippen molar-refractivity contribution in [3.8, 4) is 11.1 Å². The highest BCUT2D eigenvalue weighted by Crippen LogP contribution is 2.51. The Morgan fingerprint density at radius 1 is 1.00 bits per heavy atom. The summed E-state index contributed by atoms with van der Waals surface area (Å²) in [5.74, 6) is 0.120. The third kappa shape index (κ3) is 2.13. The second kappa shape index (κ2) is 5.68. The van der Waals surface area contributed by atoms with Crippen LogP contribution in [0.15, 0.2) is 42.5 Å². The van der Waals surface area contributed by atoms with Crippen molar-refractivity contribution in [2.45, 2.75) is 12.8 Å². The fraction of sp³-hybridized carbons (Fsp3) is 0.333. The average molecular weight is 347 g/mol. The molecule has 2 N–H and O–H groups in total. The number of hydrogen-bond acceptors (Lipinski definition) is 3. The fourth-order valence-electron chi connectivity index (χ4n) is 4.80. The molecule has 5 nitrogen and oxygen atoms in total. The van der Waals surface area contributed by atoms with Gasteiger partial charge in [-0.3, -0.25) is 14.5 Å². The van der Waals surface area contributed by atoms with Gasteiger partial charge in [-0.15, -0.1) is 0 Å². The summed E-state index contributed by atoms with van der Waals surface area (Å²) in [7, 11) is 0. The maximum Gasteiger partial charge on any atom is 0.253 e. The molecule has 4 aliphatic heterocycles. The third-order valence-corrected chi connectivity index (χ3v) is 6.15. The van der Waals surface area contributed by atoms with Crippen LogP contribution in [0.25, 0.3) is 11.1 Å². The highest BCUT2D eigenvalue weighted by molar-refractivity contribution is 6.23. The predicted molar refractivity (Wildman–Crippen MR) is 100 cm³/mol. The SMILES string of the molecule is NC(=O)c1c2ccc(-c3ccccc3)c1N2C(=O)[C@H]1CN2CCC1CC2. The van der Waals surface area contributed by atoms with E-state index in [2.05, 4.69) is 4.90 Å². The van der Waals surface area contributed by atoms with Gasteiger partial charge in [0.1, 0.15) is 0 Å². The minimum Gasteiger partial charge on any atom is -0.365 e. The monoisotopic (exact) mass is 347 g/mol. The minimum atomic E-state index is -0.467. The number of amides is 2. The second-order valence-electron chi connectivity index (χ2n) is 7.50. The van der Waals surface area contributed by atoms with Gasteiger partial charge in [0.25, 0.3) is 5.91 Å². The summed E-state index contributed by atoms with van der Waals surface area (Å²) in [5, 5.41) is 0. The van der Waals surface area contributed by atoms with E-state index in [0.717, 1.165) is 43.6 Å². The normalized spacial score (nSPS) is 25.7. The molecule has 2 aromatic carbocycles. The molecule has 0 aliphatic carbocycles. The lowest BCUT2D eigenvalue weighted by atomic mass is 9.77. The number of nitrogens with zero attached hydrogens (tertiary/aromatic N) is 2. The molecule has 0 spiro atoms. The summed E-state index contributed by atoms with van der Waals surface area (Å²) in [5.41, 5.74) is 9.33. The topological polar surface area (TPSA) is 66.6 Å². The largest absolute Gasteiger partial charge is 0.365 e. The molecule has 132 valence electrons. The number of hydrogen-bond donors (Lipinski definition) is 1. The first-order valence-corrected chi connectivity index (χ1v) is 9.23. The summed E-state index contributed by atoms with van der Waals surface area (Å²) in [6.45, 7) is 3.03. The predicted octanol–water partition coefficient (Wildman–Crippen LogP) is 2.77. The lowest BCUT2D eigenvalue weighted by Gasteiger charge is -2.47. The smallest absolute Gasteiger partial charge is 0.253 e. The van der Waals surface area contributed by atoms with Crippen LogP contribution in [0.4, 0.5) is 11.4 Å².